The summed E-state index contributed by atoms with van der Waals surface area (Å²) < 4.78 is 13.9. The number of aryl methyl sites for hydroxylation is 1. The van der Waals surface area contributed by atoms with Gasteiger partial charge in [-0.2, -0.15) is 5.26 Å². The minimum atomic E-state index is -1.33. The smallest absolute Gasteiger partial charge is 0.126 e. The average Bonchev–Trinajstić information content (AvgIpc) is 2.49. The first kappa shape index (κ1) is 16.0. The molecule has 0 bridgehead atoms. The van der Waals surface area contributed by atoms with Crippen LogP contribution in [0, 0.1) is 35.4 Å². The highest BCUT2D eigenvalue weighted by molar-refractivity contribution is 5.32. The molecule has 0 spiro atoms. The molecule has 0 amide bonds. The Kier molecular flexibility index (Phi) is 4.39. The zero-order valence-electron chi connectivity index (χ0n) is 13.1. The molecule has 1 N–H and O–H groups in total. The minimum Gasteiger partial charge on any atom is -0.384 e. The number of hydrogen-bond acceptors (Lipinski definition) is 2. The van der Waals surface area contributed by atoms with Crippen molar-refractivity contribution < 1.29 is 9.50 Å². The summed E-state index contributed by atoms with van der Waals surface area (Å²) in [6, 6.07) is 7.18. The van der Waals surface area contributed by atoms with E-state index in [0.29, 0.717) is 29.9 Å². The van der Waals surface area contributed by atoms with Crippen LogP contribution >= 0.6 is 0 Å². The van der Waals surface area contributed by atoms with Gasteiger partial charge < -0.3 is 5.11 Å². The minimum absolute atomic E-state index is 0.330. The van der Waals surface area contributed by atoms with E-state index in [4.69, 9.17) is 0 Å². The molecule has 2 nitrogen and oxygen atoms in total. The first-order valence-corrected chi connectivity index (χ1v) is 7.76. The van der Waals surface area contributed by atoms with Gasteiger partial charge in [0.1, 0.15) is 11.4 Å². The molecule has 1 fully saturated rings. The van der Waals surface area contributed by atoms with Gasteiger partial charge in [-0.05, 0) is 49.8 Å². The fourth-order valence-corrected chi connectivity index (χ4v) is 3.56. The van der Waals surface area contributed by atoms with Crippen molar-refractivity contribution in [3.05, 3.63) is 35.1 Å². The number of rotatable bonds is 3. The van der Waals surface area contributed by atoms with Crippen LogP contribution in [-0.4, -0.2) is 5.11 Å². The monoisotopic (exact) mass is 289 g/mol. The third kappa shape index (κ3) is 2.70. The second kappa shape index (κ2) is 5.77. The van der Waals surface area contributed by atoms with Crippen LogP contribution in [0.1, 0.15) is 57.1 Å². The van der Waals surface area contributed by atoms with Crippen molar-refractivity contribution in [3.63, 3.8) is 0 Å². The van der Waals surface area contributed by atoms with Gasteiger partial charge in [-0.3, -0.25) is 0 Å². The van der Waals surface area contributed by atoms with Gasteiger partial charge in [-0.1, -0.05) is 38.3 Å². The summed E-state index contributed by atoms with van der Waals surface area (Å²) in [6.07, 6.45) is 4.42. The summed E-state index contributed by atoms with van der Waals surface area (Å²) in [5.41, 5.74) is -1.10. The quantitative estimate of drug-likeness (QED) is 0.893. The fourth-order valence-electron chi connectivity index (χ4n) is 3.56. The topological polar surface area (TPSA) is 44.0 Å². The van der Waals surface area contributed by atoms with Gasteiger partial charge in [0.15, 0.2) is 0 Å². The molecule has 0 heterocycles. The van der Waals surface area contributed by atoms with Gasteiger partial charge in [0.25, 0.3) is 0 Å². The first-order valence-electron chi connectivity index (χ1n) is 7.76. The lowest BCUT2D eigenvalue weighted by Gasteiger charge is -2.45. The summed E-state index contributed by atoms with van der Waals surface area (Å²) in [4.78, 5) is 0. The Morgan fingerprint density at radius 1 is 1.52 bits per heavy atom. The van der Waals surface area contributed by atoms with E-state index in [1.54, 1.807) is 26.0 Å². The van der Waals surface area contributed by atoms with Crippen molar-refractivity contribution in [1.82, 2.24) is 0 Å². The molecule has 0 saturated heterocycles. The second-order valence-corrected chi connectivity index (χ2v) is 6.60. The second-order valence-electron chi connectivity index (χ2n) is 6.60. The van der Waals surface area contributed by atoms with Crippen LogP contribution in [0.3, 0.4) is 0 Å². The van der Waals surface area contributed by atoms with E-state index in [1.165, 1.54) is 6.07 Å². The maximum Gasteiger partial charge on any atom is 0.126 e. The molecule has 114 valence electrons. The number of halogens is 1. The lowest BCUT2D eigenvalue weighted by atomic mass is 9.59. The Bertz CT molecular complexity index is 561. The lowest BCUT2D eigenvalue weighted by molar-refractivity contribution is -0.0740. The van der Waals surface area contributed by atoms with Crippen molar-refractivity contribution in [2.45, 2.75) is 58.5 Å². The van der Waals surface area contributed by atoms with E-state index in [-0.39, 0.29) is 5.82 Å². The van der Waals surface area contributed by atoms with E-state index in [9.17, 15) is 14.8 Å². The molecule has 1 aliphatic carbocycles. The predicted octanol–water partition coefficient (Wildman–Crippen LogP) is 4.45. The maximum absolute atomic E-state index is 13.9. The number of benzene rings is 1. The molecule has 3 heteroatoms. The largest absolute Gasteiger partial charge is 0.384 e. The Balaban J connectivity index is 2.43. The molecule has 3 atom stereocenters. The molecular formula is C18H24FNO. The van der Waals surface area contributed by atoms with E-state index in [2.05, 4.69) is 13.0 Å². The Labute approximate surface area is 126 Å². The van der Waals surface area contributed by atoms with Crippen LogP contribution in [0.5, 0.6) is 0 Å². The molecule has 1 aliphatic rings. The van der Waals surface area contributed by atoms with Gasteiger partial charge in [0.2, 0.25) is 0 Å². The van der Waals surface area contributed by atoms with Crippen molar-refractivity contribution >= 4 is 0 Å². The zero-order valence-corrected chi connectivity index (χ0v) is 13.1. The molecule has 21 heavy (non-hydrogen) atoms. The molecule has 0 aliphatic heterocycles. The molecule has 3 unspecified atom stereocenters. The predicted molar refractivity (Wildman–Crippen MR) is 81.0 cm³/mol. The molecule has 2 rings (SSSR count). The van der Waals surface area contributed by atoms with Crippen molar-refractivity contribution in [1.29, 1.82) is 5.26 Å². The van der Waals surface area contributed by atoms with Crippen LogP contribution < -0.4 is 0 Å². The van der Waals surface area contributed by atoms with Crippen LogP contribution in [0.4, 0.5) is 4.39 Å². The highest BCUT2D eigenvalue weighted by atomic mass is 19.1. The fraction of sp³-hybridized carbons (Fsp3) is 0.611. The van der Waals surface area contributed by atoms with Gasteiger partial charge in [0.05, 0.1) is 11.5 Å². The van der Waals surface area contributed by atoms with Gasteiger partial charge in [-0.25, -0.2) is 4.39 Å². The molecule has 0 radical (unpaired) electrons. The maximum atomic E-state index is 13.9. The number of nitriles is 1. The number of aliphatic hydroxyl groups is 1. The van der Waals surface area contributed by atoms with Crippen molar-refractivity contribution in [3.8, 4) is 6.07 Å². The Morgan fingerprint density at radius 3 is 2.81 bits per heavy atom. The summed E-state index contributed by atoms with van der Waals surface area (Å²) in [5.74, 6) is 0.129. The summed E-state index contributed by atoms with van der Waals surface area (Å²) in [6.45, 7) is 5.48. The van der Waals surface area contributed by atoms with E-state index in [1.807, 2.05) is 0 Å². The molecular weight excluding hydrogens is 265 g/mol. The van der Waals surface area contributed by atoms with E-state index >= 15 is 0 Å². The third-order valence-electron chi connectivity index (χ3n) is 5.31. The highest BCUT2D eigenvalue weighted by Crippen LogP contribution is 2.51. The van der Waals surface area contributed by atoms with Crippen molar-refractivity contribution in [2.24, 2.45) is 11.3 Å². The summed E-state index contributed by atoms with van der Waals surface area (Å²) >= 11 is 0. The Morgan fingerprint density at radius 2 is 2.24 bits per heavy atom. The van der Waals surface area contributed by atoms with Gasteiger partial charge in [0, 0.05) is 0 Å². The zero-order chi connectivity index (χ0) is 15.7. The lowest BCUT2D eigenvalue weighted by Crippen LogP contribution is -2.45. The van der Waals surface area contributed by atoms with Gasteiger partial charge in [-0.15, -0.1) is 0 Å². The number of hydrogen-bond donors (Lipinski definition) is 1. The van der Waals surface area contributed by atoms with E-state index < -0.39 is 11.0 Å². The first-order chi connectivity index (χ1) is 9.86. The molecule has 1 aromatic rings. The summed E-state index contributed by atoms with van der Waals surface area (Å²) in [5, 5.41) is 20.9. The highest BCUT2D eigenvalue weighted by Gasteiger charge is 2.51. The molecule has 1 saturated carbocycles. The van der Waals surface area contributed by atoms with Crippen LogP contribution in [0.15, 0.2) is 18.2 Å². The van der Waals surface area contributed by atoms with Crippen molar-refractivity contribution in [2.75, 3.05) is 0 Å². The third-order valence-corrected chi connectivity index (χ3v) is 5.31. The molecule has 1 aromatic carbocycles. The van der Waals surface area contributed by atoms with Crippen LogP contribution in [-0.2, 0) is 5.60 Å². The van der Waals surface area contributed by atoms with Gasteiger partial charge >= 0.3 is 0 Å². The van der Waals surface area contributed by atoms with Crippen LogP contribution in [0.25, 0.3) is 0 Å². The standard InChI is InChI=1S/C18H24FNO/c1-4-14-6-5-9-18(11-14,12-20)17(3,21)15-8-7-13(2)16(19)10-15/h7-8,10,14,21H,4-6,9,11H2,1-3H3. The van der Waals surface area contributed by atoms with E-state index in [0.717, 1.165) is 19.3 Å². The number of nitrogens with zero attached hydrogens (tertiary/aromatic N) is 1. The summed E-state index contributed by atoms with van der Waals surface area (Å²) in [7, 11) is 0. The SMILES string of the molecule is CCC1CCCC(C#N)(C(C)(O)c2ccc(C)c(F)c2)C1. The Hall–Kier alpha value is -1.40. The molecule has 0 aromatic heterocycles. The average molecular weight is 289 g/mol. The van der Waals surface area contributed by atoms with Crippen LogP contribution in [0.2, 0.25) is 0 Å². The normalized spacial score (nSPS) is 28.7.